The van der Waals surface area contributed by atoms with Crippen LogP contribution in [0.1, 0.15) is 133 Å². The van der Waals surface area contributed by atoms with Crippen LogP contribution < -0.4 is 176 Å². The van der Waals surface area contributed by atoms with Crippen LogP contribution in [-0.4, -0.2) is 74.2 Å². The van der Waals surface area contributed by atoms with E-state index in [-0.39, 0.29) is 205 Å². The molecule has 24 heteroatoms. The van der Waals surface area contributed by atoms with Gasteiger partial charge in [0.1, 0.15) is 5.69 Å². The molecule has 0 atom stereocenters. The average molecular weight is 1170 g/mol. The van der Waals surface area contributed by atoms with Crippen LogP contribution in [0.5, 0.6) is 0 Å². The number of carbonyl (C=O) groups excluding carboxylic acids is 3. The fourth-order valence-corrected chi connectivity index (χ4v) is 5.43. The van der Waals surface area contributed by atoms with Gasteiger partial charge in [0, 0.05) is 24.8 Å². The normalized spacial score (nSPS) is 10.2. The number of rotatable bonds is 7. The first kappa shape index (κ1) is 74.1. The topological polar surface area (TPSA) is 306 Å². The Balaban J connectivity index is 0.000000494. The minimum Gasteiger partial charge on any atom is -0.476 e. The second-order valence-electron chi connectivity index (χ2n) is 19.3. The molecule has 6 heterocycles. The molecule has 3 amide bonds. The molecule has 406 valence electrons. The van der Waals surface area contributed by atoms with Gasteiger partial charge < -0.3 is 40.4 Å². The summed E-state index contributed by atoms with van der Waals surface area (Å²) in [6.45, 7) is 22.1. The van der Waals surface area contributed by atoms with E-state index in [2.05, 4.69) is 160 Å². The Morgan fingerprint density at radius 1 is 0.481 bits per heavy atom. The van der Waals surface area contributed by atoms with Crippen LogP contribution in [0.2, 0.25) is 0 Å². The monoisotopic (exact) mass is 1170 g/mol. The first-order chi connectivity index (χ1) is 36.9. The summed E-state index contributed by atoms with van der Waals surface area (Å²) in [6, 6.07) is 34.2. The molecule has 6 N–H and O–H groups in total. The number of aryl methyl sites for hydroxylation is 2. The van der Waals surface area contributed by atoms with E-state index in [1.165, 1.54) is 24.8 Å². The average Bonchev–Trinajstić information content (AvgIpc) is 4.25. The molecule has 0 aliphatic rings. The number of benzene rings is 3. The van der Waals surface area contributed by atoms with Gasteiger partial charge in [-0.15, -0.1) is 55.0 Å². The summed E-state index contributed by atoms with van der Waals surface area (Å²) >= 11 is 0. The summed E-state index contributed by atoms with van der Waals surface area (Å²) in [7, 11) is 0. The predicted molar refractivity (Wildman–Crippen MR) is 289 cm³/mol. The van der Waals surface area contributed by atoms with E-state index in [1.54, 1.807) is 104 Å². The van der Waals surface area contributed by atoms with Crippen molar-refractivity contribution < 1.29 is 192 Å². The minimum atomic E-state index is -1.29. The van der Waals surface area contributed by atoms with E-state index in [0.29, 0.717) is 28.5 Å². The first-order valence-corrected chi connectivity index (χ1v) is 23.7. The van der Waals surface area contributed by atoms with E-state index in [0.717, 1.165) is 23.0 Å². The first-order valence-electron chi connectivity index (χ1n) is 23.7. The van der Waals surface area contributed by atoms with E-state index in [9.17, 15) is 19.2 Å². The van der Waals surface area contributed by atoms with Crippen LogP contribution in [0, 0.1) is 50.6 Å². The number of carboxylic acid groups (broad SMARTS) is 1. The molecule has 0 saturated carbocycles. The third kappa shape index (κ3) is 27.8. The number of aromatic carboxylic acids is 1. The summed E-state index contributed by atoms with van der Waals surface area (Å²) in [5, 5.41) is 27.4. The van der Waals surface area contributed by atoms with E-state index >= 15 is 0 Å². The van der Waals surface area contributed by atoms with Crippen LogP contribution in [-0.2, 0) is 16.2 Å². The molecule has 3 aromatic carbocycles. The van der Waals surface area contributed by atoms with Crippen molar-refractivity contribution in [2.75, 3.05) is 21.7 Å². The van der Waals surface area contributed by atoms with Crippen molar-refractivity contribution in [3.8, 4) is 0 Å². The zero-order valence-corrected chi connectivity index (χ0v) is 57.3. The molecule has 0 spiro atoms. The Morgan fingerprint density at radius 3 is 1.17 bits per heavy atom. The zero-order chi connectivity index (χ0) is 57.3. The van der Waals surface area contributed by atoms with E-state index < -0.39 is 11.9 Å². The van der Waals surface area contributed by atoms with Gasteiger partial charge in [0.15, 0.2) is 22.9 Å². The molecule has 0 saturated heterocycles. The summed E-state index contributed by atoms with van der Waals surface area (Å²) in [6.07, 6.45) is 15.1. The van der Waals surface area contributed by atoms with Crippen molar-refractivity contribution in [2.45, 2.75) is 92.4 Å². The Kier molecular flexibility index (Phi) is 34.2. The molecule has 0 aliphatic carbocycles. The van der Waals surface area contributed by atoms with Crippen LogP contribution >= 0.6 is 0 Å². The molecule has 9 rings (SSSR count). The second-order valence-corrected chi connectivity index (χ2v) is 19.3. The van der Waals surface area contributed by atoms with Crippen LogP contribution in [0.25, 0.3) is 0 Å². The number of nitrogen functional groups attached to an aromatic ring is 1. The predicted octanol–water partition coefficient (Wildman–Crippen LogP) is 0.813. The van der Waals surface area contributed by atoms with Crippen LogP contribution in [0.3, 0.4) is 0 Å². The minimum absolute atomic E-state index is 0. The smallest absolute Gasteiger partial charge is 0.476 e. The van der Waals surface area contributed by atoms with Gasteiger partial charge >= 0.3 is 160 Å². The zero-order valence-electron chi connectivity index (χ0n) is 48.0. The van der Waals surface area contributed by atoms with Gasteiger partial charge in [-0.1, -0.05) is 79.4 Å². The quantitative estimate of drug-likeness (QED) is 0.109. The van der Waals surface area contributed by atoms with Crippen LogP contribution in [0.15, 0.2) is 136 Å². The number of carbonyl (C=O) groups is 4. The molecular weight excluding hydrogens is 1110 g/mol. The number of nitrogens with one attached hydrogen (secondary N) is 3. The third-order valence-corrected chi connectivity index (χ3v) is 9.59. The number of nitrogens with two attached hydrogens (primary N) is 1. The summed E-state index contributed by atoms with van der Waals surface area (Å²) < 4.78 is 14.7. The summed E-state index contributed by atoms with van der Waals surface area (Å²) in [4.78, 5) is 69.7. The molecule has 9 aromatic rings. The van der Waals surface area contributed by atoms with Crippen molar-refractivity contribution in [2.24, 2.45) is 0 Å². The standard InChI is InChI=1S/C13H10N3O3.C12H10N3O.C11H9N4O.3C7H10NO.3K/c1-8-7-14-10(11(15-8)13(18)19)12(17)16-9-5-3-2-4-6-9;1-9-7-14-11(8-13-9)12(16)15-10-5-3-2-4-6-10;12-10-9(13-6-7-14-10)11(16)15-8-4-2-1-3-5-8;3*1-7(2,3)6-4-5-8-9-6;;;/h3-7H,1H3,(H,16,17)(H,18,19);3-8H,1H3,(H,15,16);2-7H,(H2,12,14)(H,15,16);3*4H,1-3H3;;;/q6*-1;3*+1. The molecule has 0 unspecified atom stereocenters. The SMILES string of the molecule is CC(C)(C)c1c[c-]no1.CC(C)(C)c1c[c-]no1.CC(C)(C)c1c[c-]no1.Cc1cnc(C(=O)Nc2cc[c-]cc2)c(C(=O)O)n1.Cc1cnc(C(=O)Nc2cc[c-]cc2)cn1.Nc1nccnc1C(=O)Nc1cc[c-]cc1.[K+].[K+].[K+]. The van der Waals surface area contributed by atoms with Crippen molar-refractivity contribution in [3.63, 3.8) is 0 Å². The second kappa shape index (κ2) is 37.3. The Morgan fingerprint density at radius 2 is 0.852 bits per heavy atom. The van der Waals surface area contributed by atoms with Crippen molar-refractivity contribution in [1.29, 1.82) is 0 Å². The molecule has 0 fully saturated rings. The van der Waals surface area contributed by atoms with Gasteiger partial charge in [0.05, 0.1) is 17.6 Å². The number of hydrogen-bond donors (Lipinski definition) is 5. The van der Waals surface area contributed by atoms with Gasteiger partial charge in [-0.3, -0.25) is 19.4 Å². The van der Waals surface area contributed by atoms with Gasteiger partial charge in [0.2, 0.25) is 0 Å². The Bertz CT molecular complexity index is 3110. The molecular formula is C57H59K3N13O8-3. The number of nitrogens with zero attached hydrogens (tertiary/aromatic N) is 9. The molecule has 6 aromatic heterocycles. The number of anilines is 4. The fraction of sp³-hybridized carbons (Fsp3) is 0.246. The Hall–Kier alpha value is -4.88. The summed E-state index contributed by atoms with van der Waals surface area (Å²) in [5.74, 6) is 0.198. The number of aromatic nitrogens is 9. The van der Waals surface area contributed by atoms with Gasteiger partial charge in [0.25, 0.3) is 17.7 Å². The Labute approximate surface area is 599 Å². The van der Waals surface area contributed by atoms with Crippen molar-refractivity contribution in [1.82, 2.24) is 45.4 Å². The number of amides is 3. The van der Waals surface area contributed by atoms with Crippen molar-refractivity contribution in [3.05, 3.63) is 210 Å². The molecule has 0 radical (unpaired) electrons. The molecule has 0 bridgehead atoms. The maximum Gasteiger partial charge on any atom is 1.00 e. The maximum absolute atomic E-state index is 12.0. The fourth-order valence-electron chi connectivity index (χ4n) is 5.43. The molecule has 21 nitrogen and oxygen atoms in total. The molecule has 0 aliphatic heterocycles. The van der Waals surface area contributed by atoms with Crippen molar-refractivity contribution >= 4 is 46.6 Å². The van der Waals surface area contributed by atoms with E-state index in [4.69, 9.17) is 24.4 Å². The van der Waals surface area contributed by atoms with E-state index in [1.807, 2.05) is 6.92 Å². The summed E-state index contributed by atoms with van der Waals surface area (Å²) in [5.41, 5.74) is 8.69. The van der Waals surface area contributed by atoms with Gasteiger partial charge in [-0.2, -0.15) is 72.8 Å². The molecule has 81 heavy (non-hydrogen) atoms. The maximum atomic E-state index is 12.0. The third-order valence-electron chi connectivity index (χ3n) is 9.59. The van der Waals surface area contributed by atoms with Crippen LogP contribution in [0.4, 0.5) is 22.9 Å². The number of hydrogen-bond acceptors (Lipinski definition) is 17. The number of carboxylic acids is 1. The van der Waals surface area contributed by atoms with Gasteiger partial charge in [-0.25, -0.2) is 45.2 Å². The van der Waals surface area contributed by atoms with Gasteiger partial charge in [-0.05, 0) is 47.4 Å². The largest absolute Gasteiger partial charge is 1.00 e.